The van der Waals surface area contributed by atoms with E-state index in [2.05, 4.69) is 16.3 Å². The summed E-state index contributed by atoms with van der Waals surface area (Å²) in [6.45, 7) is 3.53. The van der Waals surface area contributed by atoms with Crippen LogP contribution in [-0.4, -0.2) is 37.4 Å². The number of nitrogens with one attached hydrogen (secondary N) is 1. The molecule has 0 amide bonds. The predicted molar refractivity (Wildman–Crippen MR) is 114 cm³/mol. The van der Waals surface area contributed by atoms with Crippen LogP contribution < -0.4 is 9.46 Å². The van der Waals surface area contributed by atoms with Crippen molar-refractivity contribution in [3.8, 4) is 5.75 Å². The summed E-state index contributed by atoms with van der Waals surface area (Å²) in [5.41, 5.74) is 0.994. The molecule has 2 aromatic carbocycles. The van der Waals surface area contributed by atoms with Gasteiger partial charge in [-0.25, -0.2) is 13.1 Å². The molecule has 1 atom stereocenters. The van der Waals surface area contributed by atoms with Gasteiger partial charge in [0.2, 0.25) is 10.0 Å². The van der Waals surface area contributed by atoms with Crippen LogP contribution in [0.15, 0.2) is 78.2 Å². The molecule has 0 bridgehead atoms. The third kappa shape index (κ3) is 5.22. The van der Waals surface area contributed by atoms with Gasteiger partial charge in [-0.15, -0.1) is 0 Å². The van der Waals surface area contributed by atoms with Crippen molar-refractivity contribution in [1.29, 1.82) is 0 Å². The van der Waals surface area contributed by atoms with Crippen LogP contribution in [0.2, 0.25) is 0 Å². The Kier molecular flexibility index (Phi) is 6.81. The SMILES string of the molecule is C=C(O)C[C@@H](C=O)NS(=O)(=O)c1ccccc1OCCc1cncc2ccccc12. The van der Waals surface area contributed by atoms with Crippen molar-refractivity contribution in [2.75, 3.05) is 6.61 Å². The van der Waals surface area contributed by atoms with Gasteiger partial charge in [0.1, 0.15) is 16.9 Å². The number of carbonyl (C=O) groups is 1. The van der Waals surface area contributed by atoms with Crippen molar-refractivity contribution in [3.63, 3.8) is 0 Å². The average molecular weight is 426 g/mol. The lowest BCUT2D eigenvalue weighted by Gasteiger charge is -2.16. The van der Waals surface area contributed by atoms with E-state index in [1.807, 2.05) is 24.3 Å². The molecule has 0 aliphatic rings. The molecule has 0 fully saturated rings. The minimum atomic E-state index is -4.05. The predicted octanol–water partition coefficient (Wildman–Crippen LogP) is 3.16. The molecule has 3 aromatic rings. The molecule has 0 unspecified atom stereocenters. The summed E-state index contributed by atoms with van der Waals surface area (Å²) in [4.78, 5) is 15.3. The van der Waals surface area contributed by atoms with Gasteiger partial charge >= 0.3 is 0 Å². The normalized spacial score (nSPS) is 12.4. The first-order valence-corrected chi connectivity index (χ1v) is 10.8. The van der Waals surface area contributed by atoms with E-state index in [9.17, 15) is 18.3 Å². The number of carbonyl (C=O) groups excluding carboxylic acids is 1. The van der Waals surface area contributed by atoms with Crippen LogP contribution in [0.1, 0.15) is 12.0 Å². The van der Waals surface area contributed by atoms with Crippen LogP contribution in [0.3, 0.4) is 0 Å². The highest BCUT2D eigenvalue weighted by molar-refractivity contribution is 7.89. The highest BCUT2D eigenvalue weighted by Crippen LogP contribution is 2.24. The maximum Gasteiger partial charge on any atom is 0.244 e. The van der Waals surface area contributed by atoms with Crippen LogP contribution in [0.5, 0.6) is 5.75 Å². The summed E-state index contributed by atoms with van der Waals surface area (Å²) in [7, 11) is -4.05. The number of sulfonamides is 1. The van der Waals surface area contributed by atoms with E-state index in [4.69, 9.17) is 4.74 Å². The lowest BCUT2D eigenvalue weighted by atomic mass is 10.1. The Morgan fingerprint density at radius 2 is 1.90 bits per heavy atom. The number of ether oxygens (including phenoxy) is 1. The molecule has 0 radical (unpaired) electrons. The molecule has 2 N–H and O–H groups in total. The fourth-order valence-corrected chi connectivity index (χ4v) is 4.39. The number of nitrogens with zero attached hydrogens (tertiary/aromatic N) is 1. The Hall–Kier alpha value is -3.23. The van der Waals surface area contributed by atoms with E-state index in [0.717, 1.165) is 16.3 Å². The molecule has 1 heterocycles. The lowest BCUT2D eigenvalue weighted by molar-refractivity contribution is -0.109. The quantitative estimate of drug-likeness (QED) is 0.381. The Labute approximate surface area is 175 Å². The zero-order valence-electron chi connectivity index (χ0n) is 16.2. The Morgan fingerprint density at radius 3 is 2.67 bits per heavy atom. The fourth-order valence-electron chi connectivity index (χ4n) is 3.07. The average Bonchev–Trinajstić information content (AvgIpc) is 2.73. The van der Waals surface area contributed by atoms with Gasteiger partial charge in [0.15, 0.2) is 0 Å². The molecule has 0 saturated carbocycles. The summed E-state index contributed by atoms with van der Waals surface area (Å²) in [5, 5.41) is 11.3. The zero-order chi connectivity index (χ0) is 21.6. The van der Waals surface area contributed by atoms with Crippen LogP contribution in [0.25, 0.3) is 10.8 Å². The molecular formula is C22H22N2O5S. The van der Waals surface area contributed by atoms with Crippen LogP contribution in [0.4, 0.5) is 0 Å². The Balaban J connectivity index is 1.75. The third-order valence-corrected chi connectivity index (χ3v) is 5.97. The van der Waals surface area contributed by atoms with E-state index >= 15 is 0 Å². The number of pyridine rings is 1. The lowest BCUT2D eigenvalue weighted by Crippen LogP contribution is -2.36. The van der Waals surface area contributed by atoms with E-state index in [1.54, 1.807) is 30.6 Å². The molecular weight excluding hydrogens is 404 g/mol. The summed E-state index contributed by atoms with van der Waals surface area (Å²) >= 11 is 0. The smallest absolute Gasteiger partial charge is 0.244 e. The number of para-hydroxylation sites is 1. The largest absolute Gasteiger partial charge is 0.513 e. The molecule has 30 heavy (non-hydrogen) atoms. The molecule has 0 aliphatic carbocycles. The first-order chi connectivity index (χ1) is 14.4. The zero-order valence-corrected chi connectivity index (χ0v) is 17.0. The highest BCUT2D eigenvalue weighted by atomic mass is 32.2. The molecule has 3 rings (SSSR count). The van der Waals surface area contributed by atoms with Gasteiger partial charge in [-0.2, -0.15) is 0 Å². The van der Waals surface area contributed by atoms with Gasteiger partial charge in [-0.1, -0.05) is 43.0 Å². The third-order valence-electron chi connectivity index (χ3n) is 4.44. The van der Waals surface area contributed by atoms with Crippen LogP contribution in [-0.2, 0) is 21.2 Å². The highest BCUT2D eigenvalue weighted by Gasteiger charge is 2.23. The van der Waals surface area contributed by atoms with E-state index < -0.39 is 16.1 Å². The maximum atomic E-state index is 12.7. The number of hydrogen-bond donors (Lipinski definition) is 2. The van der Waals surface area contributed by atoms with Crippen molar-refractivity contribution in [2.24, 2.45) is 0 Å². The molecule has 8 heteroatoms. The minimum Gasteiger partial charge on any atom is -0.513 e. The van der Waals surface area contributed by atoms with Gasteiger partial charge in [-0.3, -0.25) is 4.98 Å². The molecule has 156 valence electrons. The molecule has 7 nitrogen and oxygen atoms in total. The molecule has 0 saturated heterocycles. The van der Waals surface area contributed by atoms with Gasteiger partial charge in [0.05, 0.1) is 18.4 Å². The van der Waals surface area contributed by atoms with Crippen molar-refractivity contribution in [3.05, 3.63) is 78.8 Å². The number of aldehydes is 1. The summed E-state index contributed by atoms with van der Waals surface area (Å²) in [5.74, 6) is -0.117. The second kappa shape index (κ2) is 9.51. The van der Waals surface area contributed by atoms with Crippen LogP contribution >= 0.6 is 0 Å². The van der Waals surface area contributed by atoms with E-state index in [0.29, 0.717) is 12.7 Å². The second-order valence-electron chi connectivity index (χ2n) is 6.70. The monoisotopic (exact) mass is 426 g/mol. The second-order valence-corrected chi connectivity index (χ2v) is 8.38. The van der Waals surface area contributed by atoms with Crippen molar-refractivity contribution in [2.45, 2.75) is 23.8 Å². The Morgan fingerprint density at radius 1 is 1.17 bits per heavy atom. The van der Waals surface area contributed by atoms with Crippen LogP contribution in [0, 0.1) is 0 Å². The standard InChI is InChI=1S/C22H22N2O5S/c1-16(26)12-19(15-25)24-30(27,28)22-9-5-4-8-21(22)29-11-10-18-14-23-13-17-6-2-3-7-20(17)18/h2-9,13-15,19,24,26H,1,10-12H2/t19-/m0/s1. The van der Waals surface area contributed by atoms with Gasteiger partial charge < -0.3 is 14.6 Å². The number of benzene rings is 2. The van der Waals surface area contributed by atoms with Crippen molar-refractivity contribution in [1.82, 2.24) is 9.71 Å². The number of aliphatic hydroxyl groups is 1. The number of fused-ring (bicyclic) bond motifs is 1. The molecule has 0 spiro atoms. The summed E-state index contributed by atoms with van der Waals surface area (Å²) in [6.07, 6.45) is 4.30. The van der Waals surface area contributed by atoms with Gasteiger partial charge in [0, 0.05) is 30.6 Å². The minimum absolute atomic E-state index is 0.0866. The molecule has 1 aromatic heterocycles. The summed E-state index contributed by atoms with van der Waals surface area (Å²) < 4.78 is 33.5. The Bertz CT molecular complexity index is 1160. The van der Waals surface area contributed by atoms with Crippen molar-refractivity contribution < 1.29 is 23.1 Å². The maximum absolute atomic E-state index is 12.7. The number of rotatable bonds is 10. The fraction of sp³-hybridized carbons (Fsp3) is 0.182. The first kappa shape index (κ1) is 21.5. The molecule has 0 aliphatic heterocycles. The number of aliphatic hydroxyl groups excluding tert-OH is 1. The summed E-state index contributed by atoms with van der Waals surface area (Å²) in [6, 6.07) is 12.9. The van der Waals surface area contributed by atoms with E-state index in [1.165, 1.54) is 6.07 Å². The first-order valence-electron chi connectivity index (χ1n) is 9.28. The number of hydrogen-bond acceptors (Lipinski definition) is 6. The van der Waals surface area contributed by atoms with Gasteiger partial charge in [-0.05, 0) is 23.1 Å². The number of aromatic nitrogens is 1. The van der Waals surface area contributed by atoms with E-state index in [-0.39, 0.29) is 29.4 Å². The van der Waals surface area contributed by atoms with Gasteiger partial charge in [0.25, 0.3) is 0 Å². The van der Waals surface area contributed by atoms with Crippen molar-refractivity contribution >= 4 is 27.1 Å². The topological polar surface area (TPSA) is 106 Å².